The number of nitrogens with two attached hydrogens (primary N) is 1. The van der Waals surface area contributed by atoms with E-state index in [9.17, 15) is 0 Å². The Morgan fingerprint density at radius 3 is 2.80 bits per heavy atom. The van der Waals surface area contributed by atoms with Gasteiger partial charge in [-0.25, -0.2) is 0 Å². The van der Waals surface area contributed by atoms with Gasteiger partial charge in [-0.15, -0.1) is 0 Å². The highest BCUT2D eigenvalue weighted by molar-refractivity contribution is 5.68. The zero-order valence-electron chi connectivity index (χ0n) is 9.66. The smallest absolute Gasteiger partial charge is 0.0602 e. The topological polar surface area (TPSA) is 29.3 Å². The minimum Gasteiger partial charge on any atom is -0.397 e. The lowest BCUT2D eigenvalue weighted by atomic mass is 10.0. The minimum absolute atomic E-state index is 0.628. The highest BCUT2D eigenvalue weighted by atomic mass is 15.2. The Labute approximate surface area is 92.1 Å². The Bertz CT molecular complexity index is 346. The summed E-state index contributed by atoms with van der Waals surface area (Å²) < 4.78 is 0. The van der Waals surface area contributed by atoms with E-state index < -0.39 is 0 Å². The number of aryl methyl sites for hydroxylation is 1. The summed E-state index contributed by atoms with van der Waals surface area (Å²) in [7, 11) is 0. The van der Waals surface area contributed by atoms with Gasteiger partial charge in [0.25, 0.3) is 0 Å². The number of benzene rings is 1. The fourth-order valence-electron chi connectivity index (χ4n) is 2.39. The van der Waals surface area contributed by atoms with E-state index in [0.29, 0.717) is 6.04 Å². The van der Waals surface area contributed by atoms with Crippen LogP contribution in [-0.2, 0) is 0 Å². The molecule has 82 valence electrons. The molecule has 1 aliphatic rings. The molecule has 1 aromatic carbocycles. The molecule has 1 aromatic rings. The summed E-state index contributed by atoms with van der Waals surface area (Å²) in [5.41, 5.74) is 9.45. The molecular formula is C13H20N2. The lowest BCUT2D eigenvalue weighted by molar-refractivity contribution is 0.485. The summed E-state index contributed by atoms with van der Waals surface area (Å²) in [6.45, 7) is 5.52. The van der Waals surface area contributed by atoms with Gasteiger partial charge in [0.2, 0.25) is 0 Å². The molecule has 1 aliphatic heterocycles. The third kappa shape index (κ3) is 2.09. The number of piperidine rings is 1. The first-order chi connectivity index (χ1) is 7.18. The van der Waals surface area contributed by atoms with Crippen molar-refractivity contribution >= 4 is 11.4 Å². The van der Waals surface area contributed by atoms with Crippen LogP contribution in [0.2, 0.25) is 0 Å². The molecule has 2 heteroatoms. The van der Waals surface area contributed by atoms with Crippen molar-refractivity contribution in [2.75, 3.05) is 17.2 Å². The maximum Gasteiger partial charge on any atom is 0.0602 e. The molecule has 0 unspecified atom stereocenters. The zero-order chi connectivity index (χ0) is 10.8. The van der Waals surface area contributed by atoms with E-state index >= 15 is 0 Å². The van der Waals surface area contributed by atoms with Crippen LogP contribution in [0.4, 0.5) is 11.4 Å². The summed E-state index contributed by atoms with van der Waals surface area (Å²) in [5, 5.41) is 0. The van der Waals surface area contributed by atoms with E-state index in [1.54, 1.807) is 0 Å². The lowest BCUT2D eigenvalue weighted by Crippen LogP contribution is -2.37. The standard InChI is InChI=1S/C13H20N2/c1-10-6-7-13(12(14)9-10)15-8-4-3-5-11(15)2/h6-7,9,11H,3-5,8,14H2,1-2H3/t11-/m0/s1. The largest absolute Gasteiger partial charge is 0.397 e. The van der Waals surface area contributed by atoms with E-state index in [4.69, 9.17) is 5.73 Å². The first-order valence-corrected chi connectivity index (χ1v) is 5.81. The second-order valence-electron chi connectivity index (χ2n) is 4.60. The second-order valence-corrected chi connectivity index (χ2v) is 4.60. The van der Waals surface area contributed by atoms with Crippen LogP contribution in [0.5, 0.6) is 0 Å². The van der Waals surface area contributed by atoms with Gasteiger partial charge in [-0.05, 0) is 50.8 Å². The number of nitrogen functional groups attached to an aromatic ring is 1. The fourth-order valence-corrected chi connectivity index (χ4v) is 2.39. The predicted octanol–water partition coefficient (Wildman–Crippen LogP) is 2.96. The van der Waals surface area contributed by atoms with Gasteiger partial charge in [0.15, 0.2) is 0 Å². The summed E-state index contributed by atoms with van der Waals surface area (Å²) in [6, 6.07) is 7.00. The van der Waals surface area contributed by atoms with Gasteiger partial charge in [0.1, 0.15) is 0 Å². The molecule has 2 rings (SSSR count). The van der Waals surface area contributed by atoms with Crippen molar-refractivity contribution in [1.29, 1.82) is 0 Å². The van der Waals surface area contributed by atoms with Crippen molar-refractivity contribution in [3.8, 4) is 0 Å². The van der Waals surface area contributed by atoms with Crippen LogP contribution in [-0.4, -0.2) is 12.6 Å². The van der Waals surface area contributed by atoms with E-state index in [1.807, 2.05) is 0 Å². The average molecular weight is 204 g/mol. The highest BCUT2D eigenvalue weighted by Gasteiger charge is 2.19. The summed E-state index contributed by atoms with van der Waals surface area (Å²) in [5.74, 6) is 0. The summed E-state index contributed by atoms with van der Waals surface area (Å²) in [6.07, 6.45) is 3.93. The number of nitrogens with zero attached hydrogens (tertiary/aromatic N) is 1. The normalized spacial score (nSPS) is 21.7. The predicted molar refractivity (Wildman–Crippen MR) is 66.3 cm³/mol. The molecule has 2 nitrogen and oxygen atoms in total. The first-order valence-electron chi connectivity index (χ1n) is 5.81. The Balaban J connectivity index is 2.27. The Kier molecular flexibility index (Phi) is 2.85. The van der Waals surface area contributed by atoms with Crippen LogP contribution < -0.4 is 10.6 Å². The molecule has 0 aromatic heterocycles. The van der Waals surface area contributed by atoms with Gasteiger partial charge < -0.3 is 10.6 Å². The van der Waals surface area contributed by atoms with E-state index in [2.05, 4.69) is 36.9 Å². The third-order valence-corrected chi connectivity index (χ3v) is 3.30. The molecule has 0 spiro atoms. The van der Waals surface area contributed by atoms with Crippen molar-refractivity contribution in [2.45, 2.75) is 39.2 Å². The molecule has 0 amide bonds. The van der Waals surface area contributed by atoms with Crippen molar-refractivity contribution in [2.24, 2.45) is 0 Å². The average Bonchev–Trinajstić information content (AvgIpc) is 2.20. The maximum atomic E-state index is 6.07. The number of hydrogen-bond donors (Lipinski definition) is 1. The van der Waals surface area contributed by atoms with Crippen molar-refractivity contribution in [3.63, 3.8) is 0 Å². The highest BCUT2D eigenvalue weighted by Crippen LogP contribution is 2.29. The molecule has 0 bridgehead atoms. The second kappa shape index (κ2) is 4.13. The van der Waals surface area contributed by atoms with Gasteiger partial charge in [0.05, 0.1) is 11.4 Å². The SMILES string of the molecule is Cc1ccc(N2CCCC[C@@H]2C)c(N)c1. The Morgan fingerprint density at radius 1 is 1.33 bits per heavy atom. The fraction of sp³-hybridized carbons (Fsp3) is 0.538. The van der Waals surface area contributed by atoms with Gasteiger partial charge >= 0.3 is 0 Å². The first kappa shape index (κ1) is 10.3. The molecule has 15 heavy (non-hydrogen) atoms. The quantitative estimate of drug-likeness (QED) is 0.713. The van der Waals surface area contributed by atoms with Gasteiger partial charge in [-0.3, -0.25) is 0 Å². The Morgan fingerprint density at radius 2 is 2.13 bits per heavy atom. The summed E-state index contributed by atoms with van der Waals surface area (Å²) in [4.78, 5) is 2.44. The molecule has 0 saturated carbocycles. The monoisotopic (exact) mass is 204 g/mol. The van der Waals surface area contributed by atoms with E-state index in [1.165, 1.54) is 30.5 Å². The van der Waals surface area contributed by atoms with Crippen molar-refractivity contribution in [1.82, 2.24) is 0 Å². The molecule has 1 atom stereocenters. The number of anilines is 2. The van der Waals surface area contributed by atoms with Crippen LogP contribution in [0.3, 0.4) is 0 Å². The van der Waals surface area contributed by atoms with Gasteiger partial charge in [0, 0.05) is 12.6 Å². The van der Waals surface area contributed by atoms with E-state index in [-0.39, 0.29) is 0 Å². The van der Waals surface area contributed by atoms with Crippen LogP contribution in [0, 0.1) is 6.92 Å². The molecule has 1 saturated heterocycles. The maximum absolute atomic E-state index is 6.07. The minimum atomic E-state index is 0.628. The number of hydrogen-bond acceptors (Lipinski definition) is 2. The molecule has 0 aliphatic carbocycles. The van der Waals surface area contributed by atoms with Crippen LogP contribution in [0.25, 0.3) is 0 Å². The molecule has 1 heterocycles. The molecule has 2 N–H and O–H groups in total. The van der Waals surface area contributed by atoms with E-state index in [0.717, 1.165) is 12.2 Å². The molecule has 1 fully saturated rings. The zero-order valence-corrected chi connectivity index (χ0v) is 9.66. The van der Waals surface area contributed by atoms with Crippen LogP contribution >= 0.6 is 0 Å². The van der Waals surface area contributed by atoms with Crippen LogP contribution in [0.15, 0.2) is 18.2 Å². The summed E-state index contributed by atoms with van der Waals surface area (Å²) >= 11 is 0. The van der Waals surface area contributed by atoms with Crippen molar-refractivity contribution < 1.29 is 0 Å². The van der Waals surface area contributed by atoms with Crippen LogP contribution in [0.1, 0.15) is 31.7 Å². The van der Waals surface area contributed by atoms with Gasteiger partial charge in [-0.2, -0.15) is 0 Å². The third-order valence-electron chi connectivity index (χ3n) is 3.30. The molecular weight excluding hydrogens is 184 g/mol. The Hall–Kier alpha value is -1.18. The number of rotatable bonds is 1. The molecule has 0 radical (unpaired) electrons. The van der Waals surface area contributed by atoms with Gasteiger partial charge in [-0.1, -0.05) is 6.07 Å². The van der Waals surface area contributed by atoms with Crippen molar-refractivity contribution in [3.05, 3.63) is 23.8 Å². The lowest BCUT2D eigenvalue weighted by Gasteiger charge is -2.36.